The zero-order chi connectivity index (χ0) is 10.4. The van der Waals surface area contributed by atoms with Crippen molar-refractivity contribution in [3.63, 3.8) is 0 Å². The Morgan fingerprint density at radius 3 is 2.43 bits per heavy atom. The molecule has 0 radical (unpaired) electrons. The molecule has 0 heterocycles. The fraction of sp³-hybridized carbons (Fsp3) is 1.00. The average Bonchev–Trinajstić information content (AvgIpc) is 2.92. The molecule has 0 saturated heterocycles. The molecule has 0 N–H and O–H groups in total. The molecule has 0 aliphatic heterocycles. The molecule has 1 aliphatic rings. The van der Waals surface area contributed by atoms with Crippen molar-refractivity contribution >= 4 is 0 Å². The second-order valence-electron chi connectivity index (χ2n) is 5.42. The van der Waals surface area contributed by atoms with E-state index in [9.17, 15) is 0 Å². The average molecular weight is 197 g/mol. The maximum absolute atomic E-state index is 2.49. The normalized spacial score (nSPS) is 16.9. The second-order valence-corrected chi connectivity index (χ2v) is 5.42. The monoisotopic (exact) mass is 197 g/mol. The Kier molecular flexibility index (Phi) is 5.54. The third kappa shape index (κ3) is 6.42. The largest absolute Gasteiger partial charge is 0.306 e. The van der Waals surface area contributed by atoms with Crippen LogP contribution < -0.4 is 0 Å². The molecular weight excluding hydrogens is 170 g/mol. The number of hydrogen-bond acceptors (Lipinski definition) is 1. The van der Waals surface area contributed by atoms with Gasteiger partial charge in [-0.2, -0.15) is 0 Å². The molecule has 0 atom stereocenters. The van der Waals surface area contributed by atoms with Gasteiger partial charge in [-0.1, -0.05) is 39.5 Å². The predicted octanol–water partition coefficient (Wildman–Crippen LogP) is 3.54. The van der Waals surface area contributed by atoms with Crippen molar-refractivity contribution in [1.29, 1.82) is 0 Å². The predicted molar refractivity (Wildman–Crippen MR) is 63.5 cm³/mol. The number of unbranched alkanes of at least 4 members (excludes halogenated alkanes) is 1. The molecule has 1 aliphatic carbocycles. The van der Waals surface area contributed by atoms with Crippen molar-refractivity contribution in [2.24, 2.45) is 11.8 Å². The molecule has 1 fully saturated rings. The molecule has 0 unspecified atom stereocenters. The fourth-order valence-electron chi connectivity index (χ4n) is 1.81. The molecule has 0 aromatic rings. The van der Waals surface area contributed by atoms with Gasteiger partial charge in [0.15, 0.2) is 0 Å². The Balaban J connectivity index is 1.83. The lowest BCUT2D eigenvalue weighted by atomic mass is 10.1. The molecule has 1 rings (SSSR count). The van der Waals surface area contributed by atoms with E-state index in [2.05, 4.69) is 25.8 Å². The third-order valence-corrected chi connectivity index (χ3v) is 3.19. The third-order valence-electron chi connectivity index (χ3n) is 3.19. The van der Waals surface area contributed by atoms with E-state index in [4.69, 9.17) is 0 Å². The lowest BCUT2D eigenvalue weighted by Crippen LogP contribution is -2.22. The van der Waals surface area contributed by atoms with Crippen LogP contribution in [0.2, 0.25) is 0 Å². The van der Waals surface area contributed by atoms with Gasteiger partial charge in [-0.15, -0.1) is 0 Å². The standard InChI is InChI=1S/C13H27N/c1-12(2)9-11-14(3)10-5-4-6-13-7-8-13/h12-13H,4-11H2,1-3H3. The maximum atomic E-state index is 2.49. The highest BCUT2D eigenvalue weighted by atomic mass is 15.1. The maximum Gasteiger partial charge on any atom is -0.00194 e. The second kappa shape index (κ2) is 6.44. The van der Waals surface area contributed by atoms with E-state index in [1.54, 1.807) is 0 Å². The molecular formula is C13H27N. The van der Waals surface area contributed by atoms with E-state index in [0.717, 1.165) is 11.8 Å². The summed E-state index contributed by atoms with van der Waals surface area (Å²) in [6.07, 6.45) is 8.74. The zero-order valence-electron chi connectivity index (χ0n) is 10.3. The zero-order valence-corrected chi connectivity index (χ0v) is 10.3. The van der Waals surface area contributed by atoms with Crippen LogP contribution in [0.15, 0.2) is 0 Å². The molecule has 14 heavy (non-hydrogen) atoms. The molecule has 1 heteroatoms. The van der Waals surface area contributed by atoms with Gasteiger partial charge in [0.2, 0.25) is 0 Å². The number of hydrogen-bond donors (Lipinski definition) is 0. The van der Waals surface area contributed by atoms with Crippen LogP contribution in [-0.2, 0) is 0 Å². The summed E-state index contributed by atoms with van der Waals surface area (Å²) in [5.74, 6) is 1.97. The quantitative estimate of drug-likeness (QED) is 0.538. The molecule has 0 bridgehead atoms. The van der Waals surface area contributed by atoms with Gasteiger partial charge in [0, 0.05) is 0 Å². The molecule has 1 saturated carbocycles. The van der Waals surface area contributed by atoms with E-state index in [1.807, 2.05) is 0 Å². The van der Waals surface area contributed by atoms with Crippen molar-refractivity contribution in [3.8, 4) is 0 Å². The first-order valence-electron chi connectivity index (χ1n) is 6.37. The van der Waals surface area contributed by atoms with Crippen molar-refractivity contribution in [2.45, 2.75) is 52.4 Å². The van der Waals surface area contributed by atoms with Gasteiger partial charge in [0.1, 0.15) is 0 Å². The van der Waals surface area contributed by atoms with Gasteiger partial charge in [0.05, 0.1) is 0 Å². The van der Waals surface area contributed by atoms with Crippen molar-refractivity contribution in [1.82, 2.24) is 4.90 Å². The molecule has 1 nitrogen and oxygen atoms in total. The van der Waals surface area contributed by atoms with Crippen LogP contribution in [0, 0.1) is 11.8 Å². The Hall–Kier alpha value is -0.0400. The van der Waals surface area contributed by atoms with Gasteiger partial charge in [-0.25, -0.2) is 0 Å². The highest BCUT2D eigenvalue weighted by molar-refractivity contribution is 4.72. The molecule has 0 aromatic heterocycles. The van der Waals surface area contributed by atoms with Gasteiger partial charge >= 0.3 is 0 Å². The van der Waals surface area contributed by atoms with Crippen LogP contribution in [0.3, 0.4) is 0 Å². The van der Waals surface area contributed by atoms with Crippen LogP contribution in [0.25, 0.3) is 0 Å². The minimum Gasteiger partial charge on any atom is -0.306 e. The van der Waals surface area contributed by atoms with Gasteiger partial charge in [-0.3, -0.25) is 0 Å². The van der Waals surface area contributed by atoms with Crippen LogP contribution in [0.4, 0.5) is 0 Å². The Morgan fingerprint density at radius 2 is 1.86 bits per heavy atom. The summed E-state index contributed by atoms with van der Waals surface area (Å²) >= 11 is 0. The topological polar surface area (TPSA) is 3.24 Å². The van der Waals surface area contributed by atoms with E-state index < -0.39 is 0 Å². The van der Waals surface area contributed by atoms with Crippen LogP contribution in [0.5, 0.6) is 0 Å². The molecule has 0 amide bonds. The summed E-state index contributed by atoms with van der Waals surface area (Å²) in [5, 5.41) is 0. The minimum absolute atomic E-state index is 0.851. The summed E-state index contributed by atoms with van der Waals surface area (Å²) in [5.41, 5.74) is 0. The number of rotatable bonds is 8. The minimum atomic E-state index is 0.851. The lowest BCUT2D eigenvalue weighted by molar-refractivity contribution is 0.302. The molecule has 0 aromatic carbocycles. The van der Waals surface area contributed by atoms with Crippen LogP contribution in [-0.4, -0.2) is 25.0 Å². The summed E-state index contributed by atoms with van der Waals surface area (Å²) in [6, 6.07) is 0. The SMILES string of the molecule is CC(C)CCN(C)CCCCC1CC1. The van der Waals surface area contributed by atoms with E-state index in [0.29, 0.717) is 0 Å². The first kappa shape index (κ1) is 12.0. The summed E-state index contributed by atoms with van der Waals surface area (Å²) in [4.78, 5) is 2.49. The Morgan fingerprint density at radius 1 is 1.14 bits per heavy atom. The van der Waals surface area contributed by atoms with Crippen molar-refractivity contribution < 1.29 is 0 Å². The molecule has 84 valence electrons. The summed E-state index contributed by atoms with van der Waals surface area (Å²) < 4.78 is 0. The van der Waals surface area contributed by atoms with Crippen molar-refractivity contribution in [3.05, 3.63) is 0 Å². The number of nitrogens with zero attached hydrogens (tertiary/aromatic N) is 1. The van der Waals surface area contributed by atoms with E-state index >= 15 is 0 Å². The van der Waals surface area contributed by atoms with Crippen LogP contribution in [0.1, 0.15) is 52.4 Å². The highest BCUT2D eigenvalue weighted by Gasteiger charge is 2.19. The summed E-state index contributed by atoms with van der Waals surface area (Å²) in [6.45, 7) is 7.20. The first-order chi connectivity index (χ1) is 6.68. The lowest BCUT2D eigenvalue weighted by Gasteiger charge is -2.17. The smallest absolute Gasteiger partial charge is 0.00194 e. The first-order valence-corrected chi connectivity index (χ1v) is 6.37. The molecule has 0 spiro atoms. The van der Waals surface area contributed by atoms with E-state index in [-0.39, 0.29) is 0 Å². The summed E-state index contributed by atoms with van der Waals surface area (Å²) in [7, 11) is 2.26. The highest BCUT2D eigenvalue weighted by Crippen LogP contribution is 2.33. The van der Waals surface area contributed by atoms with E-state index in [1.165, 1.54) is 51.6 Å². The van der Waals surface area contributed by atoms with Crippen molar-refractivity contribution in [2.75, 3.05) is 20.1 Å². The Labute approximate surface area is 89.9 Å². The Bertz CT molecular complexity index is 138. The van der Waals surface area contributed by atoms with Gasteiger partial charge < -0.3 is 4.90 Å². The van der Waals surface area contributed by atoms with Crippen LogP contribution >= 0.6 is 0 Å². The van der Waals surface area contributed by atoms with Gasteiger partial charge in [0.25, 0.3) is 0 Å². The fourth-order valence-corrected chi connectivity index (χ4v) is 1.81. The van der Waals surface area contributed by atoms with Gasteiger partial charge in [-0.05, 0) is 44.8 Å².